The molecule has 0 saturated carbocycles. The Morgan fingerprint density at radius 2 is 1.93 bits per heavy atom. The largest absolute Gasteiger partial charge is 0.491 e. The summed E-state index contributed by atoms with van der Waals surface area (Å²) >= 11 is 0. The molecular weight excluding hydrogens is 195 g/mol. The fourth-order valence-corrected chi connectivity index (χ4v) is 0.907. The van der Waals surface area contributed by atoms with Gasteiger partial charge in [-0.2, -0.15) is 0 Å². The Kier molecular flexibility index (Phi) is 1.33. The summed E-state index contributed by atoms with van der Waals surface area (Å²) in [5.41, 5.74) is -0.143. The van der Waals surface area contributed by atoms with Gasteiger partial charge in [-0.3, -0.25) is 0 Å². The predicted octanol–water partition coefficient (Wildman–Crippen LogP) is -2.43. The fourth-order valence-electron chi connectivity index (χ4n) is 0.907. The molecule has 1 fully saturated rings. The highest BCUT2D eigenvalue weighted by Gasteiger charge is 2.15. The Morgan fingerprint density at radius 3 is 2.47 bits per heavy atom. The van der Waals surface area contributed by atoms with Crippen LogP contribution in [0.3, 0.4) is 0 Å². The molecule has 0 atom stereocenters. The monoisotopic (exact) mass is 216 g/mol. The van der Waals surface area contributed by atoms with Gasteiger partial charge in [-0.25, -0.2) is 9.97 Å². The summed E-state index contributed by atoms with van der Waals surface area (Å²) in [6, 6.07) is 0. The van der Waals surface area contributed by atoms with Crippen molar-refractivity contribution in [2.24, 2.45) is 0 Å². The Balaban J connectivity index is 2.59. The minimum Gasteiger partial charge on any atom is -0.423 e. The van der Waals surface area contributed by atoms with Crippen molar-refractivity contribution in [1.29, 1.82) is 0 Å². The van der Waals surface area contributed by atoms with Crippen LogP contribution in [0.5, 0.6) is 0 Å². The van der Waals surface area contributed by atoms with E-state index in [9.17, 15) is 0 Å². The van der Waals surface area contributed by atoms with Gasteiger partial charge in [0, 0.05) is 49.3 Å². The Hall–Kier alpha value is -1.18. The normalized spacial score (nSPS) is 37.9. The van der Waals surface area contributed by atoms with E-state index < -0.39 is 39.1 Å². The first-order chi connectivity index (χ1) is 10.2. The molecule has 6 nitrogen and oxygen atoms in total. The summed E-state index contributed by atoms with van der Waals surface area (Å²) in [6.45, 7) is -12.0. The standard InChI is InChI=1S/C8H13BN4O2/c14-9(15)7-5-11-8(12-6-7)13-3-1-10-2-4-13/h5-6,10,14-15H,1-4H2/i1D2,2D2,3D2,4D2. The molecule has 3 N–H and O–H groups in total. The third-order valence-corrected chi connectivity index (χ3v) is 1.62. The van der Waals surface area contributed by atoms with E-state index in [-0.39, 0.29) is 10.4 Å². The van der Waals surface area contributed by atoms with Crippen LogP contribution in [0.2, 0.25) is 0 Å². The van der Waals surface area contributed by atoms with Crippen molar-refractivity contribution in [3.8, 4) is 0 Å². The van der Waals surface area contributed by atoms with Crippen LogP contribution in [0.25, 0.3) is 0 Å². The minimum atomic E-state index is -3.04. The molecule has 0 bridgehead atoms. The molecule has 2 heterocycles. The van der Waals surface area contributed by atoms with E-state index in [1.807, 2.05) is 0 Å². The topological polar surface area (TPSA) is 81.5 Å². The highest BCUT2D eigenvalue weighted by Crippen LogP contribution is 2.04. The third kappa shape index (κ3) is 2.44. The number of nitrogens with one attached hydrogen (secondary N) is 1. The molecule has 2 rings (SSSR count). The van der Waals surface area contributed by atoms with Gasteiger partial charge in [0.1, 0.15) is 0 Å². The molecule has 0 spiro atoms. The number of aromatic nitrogens is 2. The summed E-state index contributed by atoms with van der Waals surface area (Å²) < 4.78 is 62.0. The lowest BCUT2D eigenvalue weighted by Crippen LogP contribution is -2.44. The summed E-state index contributed by atoms with van der Waals surface area (Å²) in [6.07, 6.45) is 1.79. The highest BCUT2D eigenvalue weighted by molar-refractivity contribution is 6.58. The molecule has 80 valence electrons. The van der Waals surface area contributed by atoms with E-state index in [2.05, 4.69) is 9.97 Å². The van der Waals surface area contributed by atoms with Crippen molar-refractivity contribution in [3.05, 3.63) is 12.4 Å². The molecule has 1 aromatic heterocycles. The average molecular weight is 216 g/mol. The maximum absolute atomic E-state index is 8.98. The van der Waals surface area contributed by atoms with E-state index in [0.717, 1.165) is 12.4 Å². The van der Waals surface area contributed by atoms with E-state index in [1.165, 1.54) is 0 Å². The van der Waals surface area contributed by atoms with Gasteiger partial charge in [-0.15, -0.1) is 0 Å². The summed E-state index contributed by atoms with van der Waals surface area (Å²) in [4.78, 5) is 7.36. The van der Waals surface area contributed by atoms with Gasteiger partial charge in [-0.1, -0.05) is 0 Å². The molecule has 0 unspecified atom stereocenters. The molecule has 0 aliphatic carbocycles. The van der Waals surface area contributed by atoms with Gasteiger partial charge in [-0.05, 0) is 0 Å². The number of hydrogen-bond acceptors (Lipinski definition) is 6. The van der Waals surface area contributed by atoms with Crippen molar-refractivity contribution in [2.75, 3.05) is 30.9 Å². The zero-order valence-corrected chi connectivity index (χ0v) is 7.47. The lowest BCUT2D eigenvalue weighted by Gasteiger charge is -2.27. The molecule has 15 heavy (non-hydrogen) atoms. The molecule has 1 saturated heterocycles. The summed E-state index contributed by atoms with van der Waals surface area (Å²) in [7, 11) is -1.89. The molecule has 1 aliphatic heterocycles. The van der Waals surface area contributed by atoms with Crippen molar-refractivity contribution >= 4 is 18.5 Å². The molecule has 7 heteroatoms. The quantitative estimate of drug-likeness (QED) is 0.477. The maximum Gasteiger partial charge on any atom is 0.491 e. The molecule has 1 aliphatic rings. The van der Waals surface area contributed by atoms with Crippen LogP contribution < -0.4 is 15.7 Å². The van der Waals surface area contributed by atoms with Gasteiger partial charge in [0.25, 0.3) is 0 Å². The molecule has 0 amide bonds. The van der Waals surface area contributed by atoms with E-state index >= 15 is 0 Å². The number of anilines is 1. The van der Waals surface area contributed by atoms with Gasteiger partial charge in [0.15, 0.2) is 0 Å². The van der Waals surface area contributed by atoms with Crippen molar-refractivity contribution in [3.63, 3.8) is 0 Å². The Labute approximate surface area is 99.4 Å². The van der Waals surface area contributed by atoms with Crippen LogP contribution in [0.1, 0.15) is 11.0 Å². The van der Waals surface area contributed by atoms with E-state index in [4.69, 9.17) is 21.0 Å². The van der Waals surface area contributed by atoms with Gasteiger partial charge in [0.05, 0.1) is 5.48 Å². The molecule has 0 aromatic carbocycles. The number of hydrogen-bond donors (Lipinski definition) is 3. The van der Waals surface area contributed by atoms with Crippen molar-refractivity contribution in [1.82, 2.24) is 15.3 Å². The third-order valence-electron chi connectivity index (χ3n) is 1.62. The second-order valence-corrected chi connectivity index (χ2v) is 2.62. The first-order valence-corrected chi connectivity index (χ1v) is 4.02. The second-order valence-electron chi connectivity index (χ2n) is 2.62. The lowest BCUT2D eigenvalue weighted by molar-refractivity contribution is 0.425. The first-order valence-electron chi connectivity index (χ1n) is 8.02. The smallest absolute Gasteiger partial charge is 0.423 e. The fraction of sp³-hybridized carbons (Fsp3) is 0.500. The summed E-state index contributed by atoms with van der Waals surface area (Å²) in [5.74, 6) is -0.640. The molecule has 1 aromatic rings. The molecular formula is C8H13BN4O2. The molecule has 0 radical (unpaired) electrons. The minimum absolute atomic E-state index is 0.143. The number of nitrogens with zero attached hydrogens (tertiary/aromatic N) is 3. The van der Waals surface area contributed by atoms with Crippen LogP contribution in [-0.4, -0.2) is 53.1 Å². The SMILES string of the molecule is [2H]C1([2H])NC([2H])([2H])C([2H])([2H])N(c2ncc(B(O)O)cn2)C1([2H])[2H]. The van der Waals surface area contributed by atoms with Gasteiger partial charge in [0.2, 0.25) is 5.95 Å². The zero-order chi connectivity index (χ0) is 17.8. The Morgan fingerprint density at radius 1 is 1.33 bits per heavy atom. The number of rotatable bonds is 2. The van der Waals surface area contributed by atoms with Crippen molar-refractivity contribution < 1.29 is 21.0 Å². The predicted molar refractivity (Wildman–Crippen MR) is 56.9 cm³/mol. The Bertz CT molecular complexity index is 572. The zero-order valence-electron chi connectivity index (χ0n) is 15.5. The van der Waals surface area contributed by atoms with Crippen LogP contribution in [0, 0.1) is 0 Å². The van der Waals surface area contributed by atoms with Gasteiger partial charge >= 0.3 is 7.12 Å². The first kappa shape index (κ1) is 4.36. The maximum atomic E-state index is 8.98. The van der Waals surface area contributed by atoms with Crippen LogP contribution in [0.15, 0.2) is 12.4 Å². The highest BCUT2D eigenvalue weighted by atomic mass is 16.4. The van der Waals surface area contributed by atoms with Gasteiger partial charge < -0.3 is 20.3 Å². The lowest BCUT2D eigenvalue weighted by atomic mass is 9.83. The number of piperazine rings is 1. The average Bonchev–Trinajstić information content (AvgIpc) is 2.36. The summed E-state index contributed by atoms with van der Waals surface area (Å²) in [5, 5.41) is 19.6. The second kappa shape index (κ2) is 4.56. The van der Waals surface area contributed by atoms with Crippen molar-refractivity contribution in [2.45, 2.75) is 0 Å². The van der Waals surface area contributed by atoms with Crippen LogP contribution in [-0.2, 0) is 0 Å². The van der Waals surface area contributed by atoms with Crippen LogP contribution in [0.4, 0.5) is 5.95 Å². The van der Waals surface area contributed by atoms with Crippen LogP contribution >= 0.6 is 0 Å². The van der Waals surface area contributed by atoms with E-state index in [0.29, 0.717) is 0 Å². The van der Waals surface area contributed by atoms with E-state index in [1.54, 1.807) is 5.32 Å².